The Morgan fingerprint density at radius 2 is 2.28 bits per heavy atom. The molecular formula is C12H10ClN3O2. The average molecular weight is 264 g/mol. The number of hydrogen-bond acceptors (Lipinski definition) is 3. The molecule has 2 rings (SSSR count). The summed E-state index contributed by atoms with van der Waals surface area (Å²) in [4.78, 5) is 24.3. The van der Waals surface area contributed by atoms with Gasteiger partial charge in [0.25, 0.3) is 0 Å². The number of nitrogens with two attached hydrogens (primary N) is 1. The SMILES string of the molecule is N#Cc1cc(N2CC(C(N)=O)CC2=O)ccc1Cl. The zero-order valence-electron chi connectivity index (χ0n) is 9.39. The fourth-order valence-electron chi connectivity index (χ4n) is 1.91. The largest absolute Gasteiger partial charge is 0.369 e. The number of carbonyl (C=O) groups excluding carboxylic acids is 2. The van der Waals surface area contributed by atoms with Crippen LogP contribution < -0.4 is 10.6 Å². The zero-order chi connectivity index (χ0) is 13.3. The van der Waals surface area contributed by atoms with Crippen molar-refractivity contribution in [1.82, 2.24) is 0 Å². The van der Waals surface area contributed by atoms with Gasteiger partial charge in [-0.15, -0.1) is 0 Å². The van der Waals surface area contributed by atoms with Gasteiger partial charge in [-0.2, -0.15) is 5.26 Å². The maximum Gasteiger partial charge on any atom is 0.227 e. The van der Waals surface area contributed by atoms with Crippen molar-refractivity contribution in [3.05, 3.63) is 28.8 Å². The summed E-state index contributed by atoms with van der Waals surface area (Å²) >= 11 is 5.82. The number of nitriles is 1. The first-order valence-electron chi connectivity index (χ1n) is 5.32. The van der Waals surface area contributed by atoms with E-state index in [1.54, 1.807) is 12.1 Å². The van der Waals surface area contributed by atoms with Crippen molar-refractivity contribution in [3.8, 4) is 6.07 Å². The first kappa shape index (κ1) is 12.4. The number of carbonyl (C=O) groups is 2. The molecule has 1 aromatic carbocycles. The molecule has 2 N–H and O–H groups in total. The first-order valence-corrected chi connectivity index (χ1v) is 5.70. The van der Waals surface area contributed by atoms with Gasteiger partial charge in [0.05, 0.1) is 16.5 Å². The van der Waals surface area contributed by atoms with E-state index in [0.717, 1.165) is 0 Å². The third-order valence-corrected chi connectivity index (χ3v) is 3.24. The number of nitrogens with zero attached hydrogens (tertiary/aromatic N) is 2. The summed E-state index contributed by atoms with van der Waals surface area (Å²) in [5.41, 5.74) is 6.04. The molecule has 0 aliphatic carbocycles. The monoisotopic (exact) mass is 263 g/mol. The highest BCUT2D eigenvalue weighted by Crippen LogP contribution is 2.28. The molecule has 1 saturated heterocycles. The van der Waals surface area contributed by atoms with Gasteiger partial charge in [-0.1, -0.05) is 11.6 Å². The molecule has 1 unspecified atom stereocenters. The summed E-state index contributed by atoms with van der Waals surface area (Å²) in [5.74, 6) is -1.14. The van der Waals surface area contributed by atoms with Crippen LogP contribution in [-0.4, -0.2) is 18.4 Å². The number of rotatable bonds is 2. The minimum Gasteiger partial charge on any atom is -0.369 e. The van der Waals surface area contributed by atoms with Crippen molar-refractivity contribution in [1.29, 1.82) is 5.26 Å². The predicted molar refractivity (Wildman–Crippen MR) is 65.8 cm³/mol. The van der Waals surface area contributed by atoms with Gasteiger partial charge in [-0.3, -0.25) is 9.59 Å². The van der Waals surface area contributed by atoms with Crippen LogP contribution in [0.5, 0.6) is 0 Å². The molecule has 18 heavy (non-hydrogen) atoms. The van der Waals surface area contributed by atoms with Gasteiger partial charge < -0.3 is 10.6 Å². The fourth-order valence-corrected chi connectivity index (χ4v) is 2.07. The molecule has 6 heteroatoms. The van der Waals surface area contributed by atoms with E-state index in [1.807, 2.05) is 6.07 Å². The molecule has 1 aliphatic rings. The number of primary amides is 1. The molecule has 0 radical (unpaired) electrons. The fraction of sp³-hybridized carbons (Fsp3) is 0.250. The van der Waals surface area contributed by atoms with Crippen molar-refractivity contribution in [2.24, 2.45) is 11.7 Å². The second kappa shape index (κ2) is 4.67. The Bertz CT molecular complexity index is 565. The van der Waals surface area contributed by atoms with E-state index >= 15 is 0 Å². The number of anilines is 1. The van der Waals surface area contributed by atoms with E-state index in [-0.39, 0.29) is 18.9 Å². The van der Waals surface area contributed by atoms with Crippen molar-refractivity contribution >= 4 is 29.1 Å². The van der Waals surface area contributed by atoms with E-state index in [4.69, 9.17) is 22.6 Å². The Hall–Kier alpha value is -2.06. The molecule has 92 valence electrons. The van der Waals surface area contributed by atoms with Crippen LogP contribution >= 0.6 is 11.6 Å². The minimum absolute atomic E-state index is 0.111. The summed E-state index contributed by atoms with van der Waals surface area (Å²) < 4.78 is 0. The molecule has 1 atom stereocenters. The number of amides is 2. The molecule has 0 aromatic heterocycles. The van der Waals surface area contributed by atoms with E-state index < -0.39 is 11.8 Å². The summed E-state index contributed by atoms with van der Waals surface area (Å²) in [6.45, 7) is 0.251. The van der Waals surface area contributed by atoms with Gasteiger partial charge in [-0.25, -0.2) is 0 Å². The molecule has 1 aromatic rings. The van der Waals surface area contributed by atoms with Crippen LogP contribution in [0.1, 0.15) is 12.0 Å². The Labute approximate surface area is 109 Å². The molecule has 5 nitrogen and oxygen atoms in total. The molecule has 1 fully saturated rings. The Kier molecular flexibility index (Phi) is 3.21. The Morgan fingerprint density at radius 3 is 2.83 bits per heavy atom. The maximum absolute atomic E-state index is 11.8. The highest BCUT2D eigenvalue weighted by Gasteiger charge is 2.34. The smallest absolute Gasteiger partial charge is 0.227 e. The van der Waals surface area contributed by atoms with Crippen LogP contribution in [0.25, 0.3) is 0 Å². The molecule has 0 spiro atoms. The Morgan fingerprint density at radius 1 is 1.56 bits per heavy atom. The van der Waals surface area contributed by atoms with E-state index in [2.05, 4.69) is 0 Å². The second-order valence-corrected chi connectivity index (χ2v) is 4.49. The van der Waals surface area contributed by atoms with Gasteiger partial charge in [0.1, 0.15) is 6.07 Å². The van der Waals surface area contributed by atoms with E-state index in [0.29, 0.717) is 16.3 Å². The number of benzene rings is 1. The summed E-state index contributed by atoms with van der Waals surface area (Å²) in [5, 5.41) is 9.21. The van der Waals surface area contributed by atoms with Crippen molar-refractivity contribution < 1.29 is 9.59 Å². The molecular weight excluding hydrogens is 254 g/mol. The number of hydrogen-bond donors (Lipinski definition) is 1. The lowest BCUT2D eigenvalue weighted by Crippen LogP contribution is -2.28. The van der Waals surface area contributed by atoms with Gasteiger partial charge >= 0.3 is 0 Å². The summed E-state index contributed by atoms with van der Waals surface area (Å²) in [6, 6.07) is 6.68. The zero-order valence-corrected chi connectivity index (χ0v) is 10.1. The lowest BCUT2D eigenvalue weighted by atomic mass is 10.1. The Balaban J connectivity index is 2.30. The van der Waals surface area contributed by atoms with Crippen LogP contribution in [0.3, 0.4) is 0 Å². The van der Waals surface area contributed by atoms with Crippen LogP contribution in [0.15, 0.2) is 18.2 Å². The maximum atomic E-state index is 11.8. The highest BCUT2D eigenvalue weighted by molar-refractivity contribution is 6.31. The number of halogens is 1. The quantitative estimate of drug-likeness (QED) is 0.865. The predicted octanol–water partition coefficient (Wildman–Crippen LogP) is 1.05. The average Bonchev–Trinajstić information content (AvgIpc) is 2.72. The van der Waals surface area contributed by atoms with Crippen molar-refractivity contribution in [2.75, 3.05) is 11.4 Å². The highest BCUT2D eigenvalue weighted by atomic mass is 35.5. The van der Waals surface area contributed by atoms with E-state index in [9.17, 15) is 9.59 Å². The van der Waals surface area contributed by atoms with Gasteiger partial charge in [0.2, 0.25) is 11.8 Å². The van der Waals surface area contributed by atoms with Crippen molar-refractivity contribution in [3.63, 3.8) is 0 Å². The second-order valence-electron chi connectivity index (χ2n) is 4.08. The summed E-state index contributed by atoms with van der Waals surface area (Å²) in [6.07, 6.45) is 0.111. The standard InChI is InChI=1S/C12H10ClN3O2/c13-10-2-1-9(3-7(10)5-14)16-6-8(12(15)18)4-11(16)17/h1-3,8H,4,6H2,(H2,15,18). The van der Waals surface area contributed by atoms with Crippen LogP contribution in [-0.2, 0) is 9.59 Å². The molecule has 2 amide bonds. The lowest BCUT2D eigenvalue weighted by molar-refractivity contribution is -0.123. The normalized spacial score (nSPS) is 18.8. The minimum atomic E-state index is -0.486. The third kappa shape index (κ3) is 2.15. The van der Waals surface area contributed by atoms with Crippen LogP contribution in [0, 0.1) is 17.2 Å². The van der Waals surface area contributed by atoms with Crippen LogP contribution in [0.2, 0.25) is 5.02 Å². The topological polar surface area (TPSA) is 87.2 Å². The van der Waals surface area contributed by atoms with Gasteiger partial charge in [-0.05, 0) is 18.2 Å². The molecule has 0 bridgehead atoms. The third-order valence-electron chi connectivity index (χ3n) is 2.91. The van der Waals surface area contributed by atoms with Crippen LogP contribution in [0.4, 0.5) is 5.69 Å². The van der Waals surface area contributed by atoms with Gasteiger partial charge in [0, 0.05) is 18.7 Å². The molecule has 0 saturated carbocycles. The van der Waals surface area contributed by atoms with Crippen molar-refractivity contribution in [2.45, 2.75) is 6.42 Å². The first-order chi connectivity index (χ1) is 8.52. The lowest BCUT2D eigenvalue weighted by Gasteiger charge is -2.16. The molecule has 1 heterocycles. The summed E-state index contributed by atoms with van der Waals surface area (Å²) in [7, 11) is 0. The van der Waals surface area contributed by atoms with Gasteiger partial charge in [0.15, 0.2) is 0 Å². The molecule has 1 aliphatic heterocycles. The van der Waals surface area contributed by atoms with E-state index in [1.165, 1.54) is 11.0 Å².